The summed E-state index contributed by atoms with van der Waals surface area (Å²) in [5, 5.41) is 11.4. The Kier molecular flexibility index (Phi) is 3.24. The van der Waals surface area contributed by atoms with Gasteiger partial charge in [0.05, 0.1) is 0 Å². The lowest BCUT2D eigenvalue weighted by Gasteiger charge is -2.23. The summed E-state index contributed by atoms with van der Waals surface area (Å²) >= 11 is 1.48. The van der Waals surface area contributed by atoms with Gasteiger partial charge in [-0.3, -0.25) is 9.78 Å². The van der Waals surface area contributed by atoms with Crippen molar-refractivity contribution in [3.05, 3.63) is 52.5 Å². The van der Waals surface area contributed by atoms with E-state index in [0.29, 0.717) is 6.42 Å². The molecule has 0 fully saturated rings. The largest absolute Gasteiger partial charge is 0.481 e. The van der Waals surface area contributed by atoms with Gasteiger partial charge in [-0.05, 0) is 42.5 Å². The molecule has 0 amide bonds. The van der Waals surface area contributed by atoms with Crippen LogP contribution in [0.2, 0.25) is 0 Å². The molecule has 0 saturated heterocycles. The van der Waals surface area contributed by atoms with Crippen LogP contribution in [-0.2, 0) is 16.6 Å². The highest BCUT2D eigenvalue weighted by atomic mass is 32.1. The number of hydrogen-bond donors (Lipinski definition) is 1. The normalized spacial score (nSPS) is 14.2. The van der Waals surface area contributed by atoms with E-state index in [1.807, 2.05) is 29.6 Å². The third-order valence-corrected chi connectivity index (χ3v) is 3.98. The van der Waals surface area contributed by atoms with Crippen molar-refractivity contribution in [2.45, 2.75) is 18.8 Å². The Morgan fingerprint density at radius 2 is 2.12 bits per heavy atom. The minimum absolute atomic E-state index is 0.478. The van der Waals surface area contributed by atoms with Gasteiger partial charge in [-0.1, -0.05) is 6.07 Å². The lowest BCUT2D eigenvalue weighted by atomic mass is 9.82. The fraction of sp³-hybridized carbons (Fsp3) is 0.231. The van der Waals surface area contributed by atoms with Crippen LogP contribution >= 0.6 is 11.3 Å². The second-order valence-electron chi connectivity index (χ2n) is 4.15. The molecule has 0 radical (unpaired) electrons. The van der Waals surface area contributed by atoms with Crippen LogP contribution in [0.15, 0.2) is 42.0 Å². The van der Waals surface area contributed by atoms with E-state index in [4.69, 9.17) is 0 Å². The molecule has 2 heterocycles. The maximum atomic E-state index is 11.5. The predicted molar refractivity (Wildman–Crippen MR) is 67.2 cm³/mol. The Hall–Kier alpha value is -1.68. The molecule has 17 heavy (non-hydrogen) atoms. The van der Waals surface area contributed by atoms with Crippen LogP contribution in [0, 0.1) is 0 Å². The van der Waals surface area contributed by atoms with Crippen molar-refractivity contribution in [3.63, 3.8) is 0 Å². The highest BCUT2D eigenvalue weighted by molar-refractivity contribution is 7.10. The van der Waals surface area contributed by atoms with Crippen LogP contribution in [0.3, 0.4) is 0 Å². The van der Waals surface area contributed by atoms with Crippen molar-refractivity contribution in [1.29, 1.82) is 0 Å². The minimum Gasteiger partial charge on any atom is -0.481 e. The minimum atomic E-state index is -0.866. The number of carbonyl (C=O) groups is 1. The van der Waals surface area contributed by atoms with Gasteiger partial charge in [0.15, 0.2) is 0 Å². The second-order valence-corrected chi connectivity index (χ2v) is 5.09. The number of carboxylic acid groups (broad SMARTS) is 1. The van der Waals surface area contributed by atoms with Crippen LogP contribution < -0.4 is 0 Å². The van der Waals surface area contributed by atoms with Crippen molar-refractivity contribution in [1.82, 2.24) is 4.98 Å². The summed E-state index contributed by atoms with van der Waals surface area (Å²) in [7, 11) is 0. The molecular weight excluding hydrogens is 234 g/mol. The zero-order valence-corrected chi connectivity index (χ0v) is 10.3. The van der Waals surface area contributed by atoms with Gasteiger partial charge in [0.25, 0.3) is 0 Å². The molecule has 4 heteroatoms. The van der Waals surface area contributed by atoms with Crippen LogP contribution in [0.1, 0.15) is 17.4 Å². The summed E-state index contributed by atoms with van der Waals surface area (Å²) < 4.78 is 0. The quantitative estimate of drug-likeness (QED) is 0.903. The van der Waals surface area contributed by atoms with Crippen molar-refractivity contribution in [2.75, 3.05) is 0 Å². The van der Waals surface area contributed by atoms with Crippen molar-refractivity contribution < 1.29 is 9.90 Å². The Bertz CT molecular complexity index is 495. The molecule has 3 nitrogen and oxygen atoms in total. The van der Waals surface area contributed by atoms with E-state index < -0.39 is 11.4 Å². The number of aromatic nitrogens is 1. The molecule has 1 unspecified atom stereocenters. The molecule has 0 aromatic carbocycles. The number of pyridine rings is 1. The van der Waals surface area contributed by atoms with E-state index in [1.165, 1.54) is 11.3 Å². The summed E-state index contributed by atoms with van der Waals surface area (Å²) in [6.07, 6.45) is 3.85. The van der Waals surface area contributed by atoms with Crippen LogP contribution in [0.4, 0.5) is 0 Å². The van der Waals surface area contributed by atoms with Crippen molar-refractivity contribution in [3.8, 4) is 0 Å². The van der Waals surface area contributed by atoms with E-state index in [-0.39, 0.29) is 0 Å². The van der Waals surface area contributed by atoms with Gasteiger partial charge in [-0.25, -0.2) is 0 Å². The molecular formula is C13H13NO2S. The first-order chi connectivity index (χ1) is 8.13. The van der Waals surface area contributed by atoms with Gasteiger partial charge in [0.1, 0.15) is 5.41 Å². The van der Waals surface area contributed by atoms with E-state index in [1.54, 1.807) is 19.3 Å². The van der Waals surface area contributed by atoms with E-state index in [0.717, 1.165) is 10.4 Å². The third-order valence-electron chi connectivity index (χ3n) is 2.84. The summed E-state index contributed by atoms with van der Waals surface area (Å²) in [6, 6.07) is 7.47. The Balaban J connectivity index is 2.34. The van der Waals surface area contributed by atoms with E-state index in [2.05, 4.69) is 4.98 Å². The van der Waals surface area contributed by atoms with Gasteiger partial charge in [0, 0.05) is 17.3 Å². The second kappa shape index (κ2) is 4.67. The van der Waals surface area contributed by atoms with Gasteiger partial charge < -0.3 is 5.11 Å². The van der Waals surface area contributed by atoms with E-state index in [9.17, 15) is 9.90 Å². The van der Waals surface area contributed by atoms with E-state index >= 15 is 0 Å². The van der Waals surface area contributed by atoms with Crippen LogP contribution in [0.25, 0.3) is 0 Å². The van der Waals surface area contributed by atoms with Gasteiger partial charge in [0.2, 0.25) is 0 Å². The number of rotatable bonds is 4. The topological polar surface area (TPSA) is 50.2 Å². The highest BCUT2D eigenvalue weighted by Crippen LogP contribution is 2.31. The molecule has 2 rings (SSSR count). The molecule has 1 N–H and O–H groups in total. The monoisotopic (exact) mass is 247 g/mol. The molecule has 0 aliphatic carbocycles. The number of aliphatic carboxylic acids is 1. The molecule has 0 bridgehead atoms. The Morgan fingerprint density at radius 1 is 1.41 bits per heavy atom. The van der Waals surface area contributed by atoms with Gasteiger partial charge in [-0.15, -0.1) is 11.3 Å². The standard InChI is InChI=1S/C13H13NO2S/c1-13(12(15)16,11-3-2-8-17-11)9-10-4-6-14-7-5-10/h2-8H,9H2,1H3,(H,15,16). The Labute approximate surface area is 104 Å². The number of nitrogens with zero attached hydrogens (tertiary/aromatic N) is 1. The van der Waals surface area contributed by atoms with Crippen LogP contribution in [-0.4, -0.2) is 16.1 Å². The average Bonchev–Trinajstić information content (AvgIpc) is 2.84. The molecule has 2 aromatic rings. The summed E-state index contributed by atoms with van der Waals surface area (Å²) in [5.41, 5.74) is 0.119. The zero-order valence-electron chi connectivity index (χ0n) is 9.46. The first-order valence-corrected chi connectivity index (χ1v) is 6.17. The maximum absolute atomic E-state index is 11.5. The molecule has 0 aliphatic rings. The molecule has 88 valence electrons. The van der Waals surface area contributed by atoms with Gasteiger partial charge >= 0.3 is 5.97 Å². The summed E-state index contributed by atoms with van der Waals surface area (Å²) in [4.78, 5) is 16.3. The lowest BCUT2D eigenvalue weighted by molar-refractivity contribution is -0.143. The average molecular weight is 247 g/mol. The fourth-order valence-corrected chi connectivity index (χ4v) is 2.65. The molecule has 1 atom stereocenters. The number of hydrogen-bond acceptors (Lipinski definition) is 3. The Morgan fingerprint density at radius 3 is 2.65 bits per heavy atom. The smallest absolute Gasteiger partial charge is 0.315 e. The molecule has 0 aliphatic heterocycles. The highest BCUT2D eigenvalue weighted by Gasteiger charge is 2.36. The number of carboxylic acids is 1. The maximum Gasteiger partial charge on any atom is 0.315 e. The van der Waals surface area contributed by atoms with Crippen molar-refractivity contribution in [2.24, 2.45) is 0 Å². The predicted octanol–water partition coefficient (Wildman–Crippen LogP) is 2.73. The molecule has 2 aromatic heterocycles. The zero-order chi connectivity index (χ0) is 12.3. The molecule has 0 saturated carbocycles. The summed E-state index contributed by atoms with van der Waals surface area (Å²) in [6.45, 7) is 1.77. The first kappa shape index (κ1) is 11.8. The SMILES string of the molecule is CC(Cc1ccncc1)(C(=O)O)c1cccs1. The van der Waals surface area contributed by atoms with Crippen molar-refractivity contribution >= 4 is 17.3 Å². The summed E-state index contributed by atoms with van der Waals surface area (Å²) in [5.74, 6) is -0.795. The number of thiophene rings is 1. The van der Waals surface area contributed by atoms with Crippen LogP contribution in [0.5, 0.6) is 0 Å². The third kappa shape index (κ3) is 2.36. The molecule has 0 spiro atoms. The lowest BCUT2D eigenvalue weighted by Crippen LogP contribution is -2.33. The fourth-order valence-electron chi connectivity index (χ4n) is 1.77. The van der Waals surface area contributed by atoms with Gasteiger partial charge in [-0.2, -0.15) is 0 Å². The first-order valence-electron chi connectivity index (χ1n) is 5.29.